The summed E-state index contributed by atoms with van der Waals surface area (Å²) in [6.45, 7) is 2.12. The maximum absolute atomic E-state index is 12.7. The summed E-state index contributed by atoms with van der Waals surface area (Å²) in [4.78, 5) is 17.3. The number of imidazole rings is 1. The average molecular weight is 435 g/mol. The molecule has 0 saturated carbocycles. The van der Waals surface area contributed by atoms with E-state index < -0.39 is 10.0 Å². The molecule has 0 aliphatic heterocycles. The molecule has 0 aliphatic carbocycles. The molecule has 3 aromatic carbocycles. The maximum atomic E-state index is 12.7. The van der Waals surface area contributed by atoms with Crippen molar-refractivity contribution in [1.29, 1.82) is 0 Å². The molecule has 0 spiro atoms. The van der Waals surface area contributed by atoms with Crippen molar-refractivity contribution < 1.29 is 13.2 Å². The van der Waals surface area contributed by atoms with E-state index in [4.69, 9.17) is 0 Å². The van der Waals surface area contributed by atoms with Crippen molar-refractivity contribution in [3.63, 3.8) is 0 Å². The number of aryl methyl sites for hydroxylation is 1. The van der Waals surface area contributed by atoms with E-state index in [-0.39, 0.29) is 12.5 Å². The molecule has 7 nitrogen and oxygen atoms in total. The van der Waals surface area contributed by atoms with E-state index in [0.29, 0.717) is 16.8 Å². The second-order valence-corrected chi connectivity index (χ2v) is 9.00. The van der Waals surface area contributed by atoms with Crippen molar-refractivity contribution in [1.82, 2.24) is 14.9 Å². The number of hydrogen-bond donors (Lipinski definition) is 2. The fourth-order valence-corrected chi connectivity index (χ4v) is 4.09. The van der Waals surface area contributed by atoms with Crippen LogP contribution in [0.2, 0.25) is 0 Å². The number of nitrogens with one attached hydrogen (secondary N) is 2. The minimum Gasteiger partial charge on any atom is -0.348 e. The summed E-state index contributed by atoms with van der Waals surface area (Å²) < 4.78 is 27.6. The molecule has 0 fully saturated rings. The number of anilines is 1. The summed E-state index contributed by atoms with van der Waals surface area (Å²) in [5, 5.41) is 2.85. The lowest BCUT2D eigenvalue weighted by Gasteiger charge is -2.12. The number of carbonyl (C=O) groups is 1. The number of fused-ring (bicyclic) bond motifs is 1. The Kier molecular flexibility index (Phi) is 5.48. The van der Waals surface area contributed by atoms with Crippen molar-refractivity contribution >= 4 is 32.7 Å². The van der Waals surface area contributed by atoms with Crippen LogP contribution in [0.4, 0.5) is 5.69 Å². The van der Waals surface area contributed by atoms with E-state index in [9.17, 15) is 13.2 Å². The van der Waals surface area contributed by atoms with Crippen LogP contribution in [0.25, 0.3) is 16.7 Å². The second kappa shape index (κ2) is 8.23. The van der Waals surface area contributed by atoms with Crippen molar-refractivity contribution in [2.24, 2.45) is 0 Å². The summed E-state index contributed by atoms with van der Waals surface area (Å²) in [6.07, 6.45) is 1.09. The number of nitrogens with zero attached hydrogens (tertiary/aromatic N) is 2. The van der Waals surface area contributed by atoms with Crippen molar-refractivity contribution in [2.75, 3.05) is 11.0 Å². The van der Waals surface area contributed by atoms with Gasteiger partial charge in [-0.3, -0.25) is 14.1 Å². The van der Waals surface area contributed by atoms with Crippen LogP contribution in [-0.4, -0.2) is 30.1 Å². The van der Waals surface area contributed by atoms with Gasteiger partial charge >= 0.3 is 0 Å². The molecule has 0 unspecified atom stereocenters. The third-order valence-corrected chi connectivity index (χ3v) is 5.44. The molecule has 2 N–H and O–H groups in total. The first kappa shape index (κ1) is 20.6. The fourth-order valence-electron chi connectivity index (χ4n) is 3.50. The van der Waals surface area contributed by atoms with E-state index in [1.165, 1.54) is 0 Å². The van der Waals surface area contributed by atoms with Crippen LogP contribution in [-0.2, 0) is 16.6 Å². The molecule has 4 rings (SSSR count). The molecule has 1 amide bonds. The van der Waals surface area contributed by atoms with E-state index in [0.717, 1.165) is 28.8 Å². The largest absolute Gasteiger partial charge is 0.348 e. The van der Waals surface area contributed by atoms with Crippen LogP contribution < -0.4 is 10.0 Å². The van der Waals surface area contributed by atoms with Gasteiger partial charge in [-0.05, 0) is 48.9 Å². The molecule has 0 radical (unpaired) electrons. The van der Waals surface area contributed by atoms with Gasteiger partial charge in [-0.2, -0.15) is 0 Å². The number of aromatic nitrogens is 2. The summed E-state index contributed by atoms with van der Waals surface area (Å²) in [5.74, 6) is 0.572. The number of amides is 1. The van der Waals surface area contributed by atoms with Gasteiger partial charge in [0.15, 0.2) is 0 Å². The third-order valence-electron chi connectivity index (χ3n) is 4.85. The van der Waals surface area contributed by atoms with Crippen molar-refractivity contribution in [3.05, 3.63) is 89.7 Å². The van der Waals surface area contributed by atoms with Crippen molar-refractivity contribution in [2.45, 2.75) is 13.5 Å². The molecule has 8 heteroatoms. The number of benzene rings is 3. The summed E-state index contributed by atoms with van der Waals surface area (Å²) in [6, 6.07) is 22.3. The molecule has 1 heterocycles. The van der Waals surface area contributed by atoms with E-state index >= 15 is 0 Å². The summed E-state index contributed by atoms with van der Waals surface area (Å²) >= 11 is 0. The zero-order valence-corrected chi connectivity index (χ0v) is 18.0. The zero-order valence-electron chi connectivity index (χ0n) is 17.2. The van der Waals surface area contributed by atoms with Gasteiger partial charge in [0.05, 0.1) is 23.0 Å². The van der Waals surface area contributed by atoms with Crippen LogP contribution in [0.15, 0.2) is 72.8 Å². The normalized spacial score (nSPS) is 11.4. The first-order chi connectivity index (χ1) is 14.8. The molecule has 0 saturated heterocycles. The van der Waals surface area contributed by atoms with Crippen LogP contribution >= 0.6 is 0 Å². The lowest BCUT2D eigenvalue weighted by atomic mass is 10.1. The maximum Gasteiger partial charge on any atom is 0.251 e. The van der Waals surface area contributed by atoms with Gasteiger partial charge in [-0.25, -0.2) is 13.4 Å². The number of carbonyl (C=O) groups excluding carboxylic acids is 1. The van der Waals surface area contributed by atoms with Gasteiger partial charge in [-0.1, -0.05) is 36.4 Å². The topological polar surface area (TPSA) is 93.1 Å². The van der Waals surface area contributed by atoms with Gasteiger partial charge in [0.25, 0.3) is 5.91 Å². The molecule has 1 aromatic heterocycles. The lowest BCUT2D eigenvalue weighted by Crippen LogP contribution is -2.23. The first-order valence-corrected chi connectivity index (χ1v) is 11.6. The zero-order chi connectivity index (χ0) is 22.0. The molecule has 158 valence electrons. The highest BCUT2D eigenvalue weighted by molar-refractivity contribution is 7.92. The highest BCUT2D eigenvalue weighted by Crippen LogP contribution is 2.22. The Hall–Kier alpha value is -3.65. The Morgan fingerprint density at radius 2 is 1.71 bits per heavy atom. The smallest absolute Gasteiger partial charge is 0.251 e. The van der Waals surface area contributed by atoms with Gasteiger partial charge in [0, 0.05) is 17.8 Å². The van der Waals surface area contributed by atoms with Crippen molar-refractivity contribution in [3.8, 4) is 5.69 Å². The number of sulfonamides is 1. The third kappa shape index (κ3) is 4.59. The van der Waals surface area contributed by atoms with Crippen LogP contribution in [0, 0.1) is 6.92 Å². The second-order valence-electron chi connectivity index (χ2n) is 7.25. The number of hydrogen-bond acceptors (Lipinski definition) is 4. The monoisotopic (exact) mass is 434 g/mol. The van der Waals surface area contributed by atoms with Gasteiger partial charge < -0.3 is 5.32 Å². The van der Waals surface area contributed by atoms with E-state index in [1.807, 2.05) is 47.9 Å². The molecular formula is C23H22N4O3S. The Labute approximate surface area is 180 Å². The number of rotatable bonds is 6. The Morgan fingerprint density at radius 1 is 1.00 bits per heavy atom. The van der Waals surface area contributed by atoms with Gasteiger partial charge in [-0.15, -0.1) is 0 Å². The lowest BCUT2D eigenvalue weighted by molar-refractivity contribution is 0.0951. The Balaban J connectivity index is 1.56. The van der Waals surface area contributed by atoms with E-state index in [1.54, 1.807) is 36.4 Å². The van der Waals surface area contributed by atoms with Crippen LogP contribution in [0.5, 0.6) is 0 Å². The molecular weight excluding hydrogens is 412 g/mol. The minimum absolute atomic E-state index is 0.188. The van der Waals surface area contributed by atoms with E-state index in [2.05, 4.69) is 15.0 Å². The summed E-state index contributed by atoms with van der Waals surface area (Å²) in [7, 11) is -3.41. The fraction of sp³-hybridized carbons (Fsp3) is 0.130. The molecule has 4 aromatic rings. The SMILES string of the molecule is Cc1nc2cc(C(=O)NCc3ccccc3NS(C)(=O)=O)ccc2n1-c1ccccc1. The highest BCUT2D eigenvalue weighted by atomic mass is 32.2. The van der Waals surface area contributed by atoms with Crippen LogP contribution in [0.1, 0.15) is 21.7 Å². The van der Waals surface area contributed by atoms with Crippen LogP contribution in [0.3, 0.4) is 0 Å². The average Bonchev–Trinajstić information content (AvgIpc) is 3.07. The first-order valence-electron chi connectivity index (χ1n) is 9.70. The highest BCUT2D eigenvalue weighted by Gasteiger charge is 2.14. The number of para-hydroxylation sites is 2. The Morgan fingerprint density at radius 3 is 2.45 bits per heavy atom. The van der Waals surface area contributed by atoms with Gasteiger partial charge in [0.2, 0.25) is 10.0 Å². The molecule has 31 heavy (non-hydrogen) atoms. The molecule has 0 bridgehead atoms. The molecule has 0 aliphatic rings. The predicted octanol–water partition coefficient (Wildman–Crippen LogP) is 3.64. The predicted molar refractivity (Wildman–Crippen MR) is 122 cm³/mol. The minimum atomic E-state index is -3.41. The molecule has 0 atom stereocenters. The Bertz CT molecular complexity index is 1360. The van der Waals surface area contributed by atoms with Gasteiger partial charge in [0.1, 0.15) is 5.82 Å². The standard InChI is InChI=1S/C23H22N4O3S/c1-16-25-21-14-17(12-13-22(21)27(16)19-9-4-3-5-10-19)23(28)24-15-18-8-6-7-11-20(18)26-31(2,29)30/h3-14,26H,15H2,1-2H3,(H,24,28). The quantitative estimate of drug-likeness (QED) is 0.485. The summed E-state index contributed by atoms with van der Waals surface area (Å²) in [5.41, 5.74) is 4.26.